The van der Waals surface area contributed by atoms with Crippen LogP contribution in [0.5, 0.6) is 0 Å². The number of hydrogen-bond acceptors (Lipinski definition) is 4. The van der Waals surface area contributed by atoms with Gasteiger partial charge in [-0.25, -0.2) is 0 Å². The van der Waals surface area contributed by atoms with Gasteiger partial charge in [0, 0.05) is 10.7 Å². The Labute approximate surface area is 123 Å². The van der Waals surface area contributed by atoms with Gasteiger partial charge in [-0.2, -0.15) is 0 Å². The number of imide groups is 1. The lowest BCUT2D eigenvalue weighted by atomic mass is 10.1. The van der Waals surface area contributed by atoms with Crippen molar-refractivity contribution in [1.82, 2.24) is 10.0 Å². The third-order valence-corrected chi connectivity index (χ3v) is 3.36. The molecule has 1 aromatic heterocycles. The summed E-state index contributed by atoms with van der Waals surface area (Å²) >= 11 is 3.28. The molecule has 20 heavy (non-hydrogen) atoms. The van der Waals surface area contributed by atoms with Crippen molar-refractivity contribution in [3.05, 3.63) is 63.9 Å². The maximum absolute atomic E-state index is 12.0. The smallest absolute Gasteiger partial charge is 0.266 e. The summed E-state index contributed by atoms with van der Waals surface area (Å²) in [6.45, 7) is 0.0543. The average Bonchev–Trinajstić information content (AvgIpc) is 2.71. The van der Waals surface area contributed by atoms with Crippen molar-refractivity contribution in [1.29, 1.82) is 0 Å². The molecule has 1 aliphatic heterocycles. The third kappa shape index (κ3) is 2.23. The standard InChI is InChI=1S/C14H9BrN2O3/c15-9-5-6-10(16-7-9)8-20-17-13(18)11-3-1-2-4-12(11)14(17)19/h1-7H,8H2. The van der Waals surface area contributed by atoms with Gasteiger partial charge < -0.3 is 0 Å². The summed E-state index contributed by atoms with van der Waals surface area (Å²) in [5.41, 5.74) is 1.35. The number of aromatic nitrogens is 1. The van der Waals surface area contributed by atoms with E-state index in [0.717, 1.165) is 9.54 Å². The highest BCUT2D eigenvalue weighted by Crippen LogP contribution is 2.23. The molecule has 3 rings (SSSR count). The second kappa shape index (κ2) is 5.15. The molecular weight excluding hydrogens is 324 g/mol. The number of rotatable bonds is 3. The Hall–Kier alpha value is -2.05. The topological polar surface area (TPSA) is 59.5 Å². The van der Waals surface area contributed by atoms with Crippen LogP contribution in [0.25, 0.3) is 0 Å². The van der Waals surface area contributed by atoms with Crippen molar-refractivity contribution in [3.8, 4) is 0 Å². The number of fused-ring (bicyclic) bond motifs is 1. The number of hydrogen-bond donors (Lipinski definition) is 0. The predicted molar refractivity (Wildman–Crippen MR) is 73.7 cm³/mol. The Morgan fingerprint density at radius 2 is 1.70 bits per heavy atom. The van der Waals surface area contributed by atoms with Gasteiger partial charge in [0.05, 0.1) is 16.8 Å². The van der Waals surface area contributed by atoms with Crippen molar-refractivity contribution in [2.24, 2.45) is 0 Å². The number of carbonyl (C=O) groups excluding carboxylic acids is 2. The van der Waals surface area contributed by atoms with Gasteiger partial charge in [0.15, 0.2) is 0 Å². The van der Waals surface area contributed by atoms with Crippen molar-refractivity contribution in [2.45, 2.75) is 6.61 Å². The lowest BCUT2D eigenvalue weighted by molar-refractivity contribution is -0.102. The molecule has 1 aromatic carbocycles. The Morgan fingerprint density at radius 1 is 1.05 bits per heavy atom. The molecule has 0 spiro atoms. The van der Waals surface area contributed by atoms with Crippen LogP contribution in [0.3, 0.4) is 0 Å². The van der Waals surface area contributed by atoms with Crippen LogP contribution >= 0.6 is 15.9 Å². The maximum atomic E-state index is 12.0. The minimum Gasteiger partial charge on any atom is -0.266 e. The number of halogens is 1. The van der Waals surface area contributed by atoms with Crippen LogP contribution < -0.4 is 0 Å². The molecule has 1 aliphatic rings. The maximum Gasteiger partial charge on any atom is 0.285 e. The molecular formula is C14H9BrN2O3. The summed E-state index contributed by atoms with van der Waals surface area (Å²) in [6, 6.07) is 10.2. The lowest BCUT2D eigenvalue weighted by Crippen LogP contribution is -2.29. The molecule has 2 aromatic rings. The lowest BCUT2D eigenvalue weighted by Gasteiger charge is -2.12. The summed E-state index contributed by atoms with van der Waals surface area (Å²) in [6.07, 6.45) is 1.63. The molecule has 2 heterocycles. The van der Waals surface area contributed by atoms with Gasteiger partial charge in [0.1, 0.15) is 6.61 Å². The number of benzene rings is 1. The highest BCUT2D eigenvalue weighted by molar-refractivity contribution is 9.10. The zero-order valence-electron chi connectivity index (χ0n) is 10.2. The third-order valence-electron chi connectivity index (χ3n) is 2.89. The monoisotopic (exact) mass is 332 g/mol. The van der Waals surface area contributed by atoms with Crippen LogP contribution in [0, 0.1) is 0 Å². The number of nitrogens with zero attached hydrogens (tertiary/aromatic N) is 2. The fourth-order valence-corrected chi connectivity index (χ4v) is 2.14. The van der Waals surface area contributed by atoms with Crippen molar-refractivity contribution in [3.63, 3.8) is 0 Å². The molecule has 0 saturated heterocycles. The largest absolute Gasteiger partial charge is 0.285 e. The highest BCUT2D eigenvalue weighted by Gasteiger charge is 2.36. The fraction of sp³-hybridized carbons (Fsp3) is 0.0714. The van der Waals surface area contributed by atoms with Crippen molar-refractivity contribution < 1.29 is 14.4 Å². The quantitative estimate of drug-likeness (QED) is 0.810. The average molecular weight is 333 g/mol. The van der Waals surface area contributed by atoms with Crippen LogP contribution in [0.4, 0.5) is 0 Å². The first-order chi connectivity index (χ1) is 9.66. The molecule has 0 saturated carbocycles. The van der Waals surface area contributed by atoms with Crippen LogP contribution in [-0.2, 0) is 11.4 Å². The van der Waals surface area contributed by atoms with E-state index in [1.807, 2.05) is 6.07 Å². The molecule has 0 atom stereocenters. The Bertz CT molecular complexity index is 650. The molecule has 0 unspecified atom stereocenters. The van der Waals surface area contributed by atoms with E-state index in [1.165, 1.54) is 0 Å². The van der Waals surface area contributed by atoms with E-state index in [9.17, 15) is 9.59 Å². The van der Waals surface area contributed by atoms with E-state index >= 15 is 0 Å². The van der Waals surface area contributed by atoms with Gasteiger partial charge in [0.25, 0.3) is 11.8 Å². The van der Waals surface area contributed by atoms with E-state index in [1.54, 1.807) is 36.5 Å². The summed E-state index contributed by atoms with van der Waals surface area (Å²) < 4.78 is 0.849. The number of pyridine rings is 1. The van der Waals surface area contributed by atoms with Gasteiger partial charge in [0.2, 0.25) is 0 Å². The van der Waals surface area contributed by atoms with Crippen LogP contribution in [-0.4, -0.2) is 21.9 Å². The summed E-state index contributed by atoms with van der Waals surface area (Å²) in [5.74, 6) is -0.884. The van der Waals surface area contributed by atoms with Gasteiger partial charge >= 0.3 is 0 Å². The van der Waals surface area contributed by atoms with Crippen LogP contribution in [0.1, 0.15) is 26.4 Å². The van der Waals surface area contributed by atoms with E-state index in [-0.39, 0.29) is 6.61 Å². The molecule has 0 N–H and O–H groups in total. The van der Waals surface area contributed by atoms with Gasteiger partial charge in [-0.05, 0) is 40.2 Å². The number of amides is 2. The minimum atomic E-state index is -0.442. The highest BCUT2D eigenvalue weighted by atomic mass is 79.9. The molecule has 100 valence electrons. The Kier molecular flexibility index (Phi) is 3.33. The van der Waals surface area contributed by atoms with Crippen LogP contribution in [0.2, 0.25) is 0 Å². The SMILES string of the molecule is O=C1c2ccccc2C(=O)N1OCc1ccc(Br)cn1. The minimum absolute atomic E-state index is 0.0543. The molecule has 0 fully saturated rings. The fourth-order valence-electron chi connectivity index (χ4n) is 1.91. The van der Waals surface area contributed by atoms with E-state index in [0.29, 0.717) is 16.8 Å². The summed E-state index contributed by atoms with van der Waals surface area (Å²) in [4.78, 5) is 33.5. The van der Waals surface area contributed by atoms with Gasteiger partial charge in [-0.15, -0.1) is 5.06 Å². The van der Waals surface area contributed by atoms with Gasteiger partial charge in [-0.1, -0.05) is 12.1 Å². The number of hydroxylamine groups is 2. The Morgan fingerprint density at radius 3 is 2.25 bits per heavy atom. The second-order valence-electron chi connectivity index (χ2n) is 4.19. The van der Waals surface area contributed by atoms with Crippen molar-refractivity contribution >= 4 is 27.7 Å². The molecule has 2 amide bonds. The summed E-state index contributed by atoms with van der Waals surface area (Å²) in [7, 11) is 0. The first kappa shape index (κ1) is 13.0. The van der Waals surface area contributed by atoms with Crippen LogP contribution in [0.15, 0.2) is 47.1 Å². The first-order valence-electron chi connectivity index (χ1n) is 5.88. The molecule has 5 nitrogen and oxygen atoms in total. The zero-order valence-corrected chi connectivity index (χ0v) is 11.8. The second-order valence-corrected chi connectivity index (χ2v) is 5.11. The van der Waals surface area contributed by atoms with E-state index in [2.05, 4.69) is 20.9 Å². The Balaban J connectivity index is 1.75. The van der Waals surface area contributed by atoms with E-state index < -0.39 is 11.8 Å². The first-order valence-corrected chi connectivity index (χ1v) is 6.67. The van der Waals surface area contributed by atoms with Crippen molar-refractivity contribution in [2.75, 3.05) is 0 Å². The molecule has 0 aliphatic carbocycles. The molecule has 0 radical (unpaired) electrons. The van der Waals surface area contributed by atoms with E-state index in [4.69, 9.17) is 4.84 Å². The normalized spacial score (nSPS) is 13.8. The number of carbonyl (C=O) groups is 2. The molecule has 0 bridgehead atoms. The predicted octanol–water partition coefficient (Wildman–Crippen LogP) is 2.57. The molecule has 6 heteroatoms. The summed E-state index contributed by atoms with van der Waals surface area (Å²) in [5, 5.41) is 0.786. The zero-order chi connectivity index (χ0) is 14.1. The van der Waals surface area contributed by atoms with Gasteiger partial charge in [-0.3, -0.25) is 19.4 Å².